The molecule has 3 nitrogen and oxygen atoms in total. The van der Waals surface area contributed by atoms with E-state index in [1.165, 1.54) is 0 Å². The third kappa shape index (κ3) is 1.38. The smallest absolute Gasteiger partial charge is 0.312 e. The van der Waals surface area contributed by atoms with Crippen molar-refractivity contribution in [1.29, 1.82) is 0 Å². The van der Waals surface area contributed by atoms with Crippen molar-refractivity contribution in [2.75, 3.05) is 6.61 Å². The zero-order chi connectivity index (χ0) is 8.70. The van der Waals surface area contributed by atoms with Gasteiger partial charge in [0.1, 0.15) is 5.60 Å². The zero-order valence-electron chi connectivity index (χ0n) is 7.18. The maximum Gasteiger partial charge on any atom is 0.312 e. The monoisotopic (exact) mass is 158 g/mol. The molecule has 0 aromatic carbocycles. The first-order chi connectivity index (χ1) is 4.90. The molecule has 1 saturated heterocycles. The molecule has 1 N–H and O–H groups in total. The number of aliphatic hydroxyl groups is 1. The Kier molecular flexibility index (Phi) is 1.71. The molecule has 1 rings (SSSR count). The van der Waals surface area contributed by atoms with E-state index in [2.05, 4.69) is 0 Å². The van der Waals surface area contributed by atoms with E-state index in [9.17, 15) is 4.79 Å². The van der Waals surface area contributed by atoms with Crippen LogP contribution in [0.2, 0.25) is 0 Å². The van der Waals surface area contributed by atoms with Crippen LogP contribution in [0, 0.1) is 5.41 Å². The molecule has 1 heterocycles. The summed E-state index contributed by atoms with van der Waals surface area (Å²) in [7, 11) is 0. The molecule has 0 amide bonds. The quantitative estimate of drug-likeness (QED) is 0.572. The van der Waals surface area contributed by atoms with E-state index in [0.717, 1.165) is 0 Å². The summed E-state index contributed by atoms with van der Waals surface area (Å²) in [6.45, 7) is 5.31. The normalized spacial score (nSPS) is 35.5. The van der Waals surface area contributed by atoms with Crippen LogP contribution in [-0.4, -0.2) is 23.3 Å². The highest BCUT2D eigenvalue weighted by molar-refractivity contribution is 5.78. The molecule has 1 fully saturated rings. The fraction of sp³-hybridized carbons (Fsp3) is 0.875. The van der Waals surface area contributed by atoms with Crippen molar-refractivity contribution in [2.45, 2.75) is 32.8 Å². The molecule has 0 spiro atoms. The Balaban J connectivity index is 2.79. The molecular weight excluding hydrogens is 144 g/mol. The van der Waals surface area contributed by atoms with Gasteiger partial charge in [-0.1, -0.05) is 0 Å². The molecule has 1 unspecified atom stereocenters. The molecule has 3 heteroatoms. The largest absolute Gasteiger partial charge is 0.456 e. The highest BCUT2D eigenvalue weighted by Gasteiger charge is 2.48. The predicted molar refractivity (Wildman–Crippen MR) is 40.0 cm³/mol. The minimum Gasteiger partial charge on any atom is -0.456 e. The van der Waals surface area contributed by atoms with Gasteiger partial charge in [-0.05, 0) is 20.8 Å². The second-order valence-electron chi connectivity index (χ2n) is 4.06. The van der Waals surface area contributed by atoms with E-state index in [-0.39, 0.29) is 12.6 Å². The van der Waals surface area contributed by atoms with Crippen LogP contribution in [0.4, 0.5) is 0 Å². The van der Waals surface area contributed by atoms with E-state index in [1.807, 2.05) is 13.8 Å². The van der Waals surface area contributed by atoms with Gasteiger partial charge >= 0.3 is 5.97 Å². The van der Waals surface area contributed by atoms with Crippen molar-refractivity contribution >= 4 is 5.97 Å². The molecule has 0 radical (unpaired) electrons. The summed E-state index contributed by atoms with van der Waals surface area (Å²) in [5, 5.41) is 8.90. The molecule has 1 atom stereocenters. The van der Waals surface area contributed by atoms with Gasteiger partial charge in [0.05, 0.1) is 12.0 Å². The topological polar surface area (TPSA) is 46.5 Å². The van der Waals surface area contributed by atoms with Gasteiger partial charge in [0.25, 0.3) is 0 Å². The van der Waals surface area contributed by atoms with Crippen LogP contribution >= 0.6 is 0 Å². The summed E-state index contributed by atoms with van der Waals surface area (Å²) >= 11 is 0. The second-order valence-corrected chi connectivity index (χ2v) is 4.06. The summed E-state index contributed by atoms with van der Waals surface area (Å²) < 4.78 is 5.02. The average molecular weight is 158 g/mol. The molecule has 0 aliphatic carbocycles. The lowest BCUT2D eigenvalue weighted by Crippen LogP contribution is -2.28. The lowest BCUT2D eigenvalue weighted by Gasteiger charge is -2.19. The van der Waals surface area contributed by atoms with Crippen molar-refractivity contribution in [1.82, 2.24) is 0 Å². The Hall–Kier alpha value is -0.570. The van der Waals surface area contributed by atoms with Gasteiger partial charge < -0.3 is 9.84 Å². The molecular formula is C8H14O3. The van der Waals surface area contributed by atoms with Crippen LogP contribution in [0.15, 0.2) is 0 Å². The Morgan fingerprint density at radius 1 is 1.55 bits per heavy atom. The van der Waals surface area contributed by atoms with E-state index < -0.39 is 11.0 Å². The number of carbonyl (C=O) groups is 1. The van der Waals surface area contributed by atoms with Crippen molar-refractivity contribution in [3.8, 4) is 0 Å². The summed E-state index contributed by atoms with van der Waals surface area (Å²) in [4.78, 5) is 11.1. The number of hydrogen-bond acceptors (Lipinski definition) is 3. The van der Waals surface area contributed by atoms with Gasteiger partial charge in [0, 0.05) is 6.42 Å². The SMILES string of the molecule is CC1(CO)CC(C)(C)C(=O)O1. The number of aliphatic hydroxyl groups excluding tert-OH is 1. The van der Waals surface area contributed by atoms with Crippen molar-refractivity contribution in [3.05, 3.63) is 0 Å². The number of ether oxygens (including phenoxy) is 1. The number of cyclic esters (lactones) is 1. The van der Waals surface area contributed by atoms with Gasteiger partial charge in [0.15, 0.2) is 0 Å². The van der Waals surface area contributed by atoms with Crippen molar-refractivity contribution in [2.24, 2.45) is 5.41 Å². The van der Waals surface area contributed by atoms with E-state index in [1.54, 1.807) is 6.92 Å². The van der Waals surface area contributed by atoms with Crippen molar-refractivity contribution < 1.29 is 14.6 Å². The van der Waals surface area contributed by atoms with Gasteiger partial charge in [-0.2, -0.15) is 0 Å². The Morgan fingerprint density at radius 2 is 2.09 bits per heavy atom. The van der Waals surface area contributed by atoms with E-state index in [0.29, 0.717) is 6.42 Å². The highest BCUT2D eigenvalue weighted by Crippen LogP contribution is 2.39. The number of carbonyl (C=O) groups excluding carboxylic acids is 1. The minimum absolute atomic E-state index is 0.0951. The fourth-order valence-electron chi connectivity index (χ4n) is 1.49. The molecule has 64 valence electrons. The predicted octanol–water partition coefficient (Wildman–Crippen LogP) is 0.710. The molecule has 0 saturated carbocycles. The fourth-order valence-corrected chi connectivity index (χ4v) is 1.49. The van der Waals surface area contributed by atoms with Gasteiger partial charge in [-0.15, -0.1) is 0 Å². The second kappa shape index (κ2) is 2.21. The minimum atomic E-state index is -0.652. The van der Waals surface area contributed by atoms with E-state index >= 15 is 0 Å². The maximum atomic E-state index is 11.1. The summed E-state index contributed by atoms with van der Waals surface area (Å²) in [6, 6.07) is 0. The summed E-state index contributed by atoms with van der Waals surface area (Å²) in [5.74, 6) is -0.214. The molecule has 0 aromatic rings. The first-order valence-electron chi connectivity index (χ1n) is 3.74. The van der Waals surface area contributed by atoms with Crippen LogP contribution in [-0.2, 0) is 9.53 Å². The van der Waals surface area contributed by atoms with Crippen LogP contribution < -0.4 is 0 Å². The first kappa shape index (κ1) is 8.53. The van der Waals surface area contributed by atoms with E-state index in [4.69, 9.17) is 9.84 Å². The van der Waals surface area contributed by atoms with Gasteiger partial charge in [-0.3, -0.25) is 4.79 Å². The van der Waals surface area contributed by atoms with Crippen molar-refractivity contribution in [3.63, 3.8) is 0 Å². The molecule has 1 aliphatic heterocycles. The first-order valence-corrected chi connectivity index (χ1v) is 3.74. The van der Waals surface area contributed by atoms with Crippen LogP contribution in [0.1, 0.15) is 27.2 Å². The lowest BCUT2D eigenvalue weighted by molar-refractivity contribution is -0.154. The highest BCUT2D eigenvalue weighted by atomic mass is 16.6. The third-order valence-electron chi connectivity index (χ3n) is 2.04. The Bertz CT molecular complexity index is 186. The molecule has 0 aromatic heterocycles. The van der Waals surface area contributed by atoms with Crippen LogP contribution in [0.25, 0.3) is 0 Å². The zero-order valence-corrected chi connectivity index (χ0v) is 7.18. The molecule has 1 aliphatic rings. The molecule has 11 heavy (non-hydrogen) atoms. The third-order valence-corrected chi connectivity index (χ3v) is 2.04. The van der Waals surface area contributed by atoms with Gasteiger partial charge in [-0.25, -0.2) is 0 Å². The Labute approximate surface area is 66.4 Å². The van der Waals surface area contributed by atoms with Crippen LogP contribution in [0.5, 0.6) is 0 Å². The van der Waals surface area contributed by atoms with Gasteiger partial charge in [0.2, 0.25) is 0 Å². The lowest BCUT2D eigenvalue weighted by atomic mass is 9.85. The number of hydrogen-bond donors (Lipinski definition) is 1. The summed E-state index contributed by atoms with van der Waals surface area (Å²) in [6.07, 6.45) is 0.593. The maximum absolute atomic E-state index is 11.1. The molecule has 0 bridgehead atoms. The van der Waals surface area contributed by atoms with Crippen LogP contribution in [0.3, 0.4) is 0 Å². The Morgan fingerprint density at radius 3 is 2.27 bits per heavy atom. The standard InChI is InChI=1S/C8H14O3/c1-7(2)4-8(3,5-9)11-6(7)10/h9H,4-5H2,1-3H3. The number of esters is 1. The number of rotatable bonds is 1. The summed E-state index contributed by atoms with van der Waals surface area (Å²) in [5.41, 5.74) is -1.09. The average Bonchev–Trinajstić information content (AvgIpc) is 2.04.